The Morgan fingerprint density at radius 1 is 1.27 bits per heavy atom. The summed E-state index contributed by atoms with van der Waals surface area (Å²) in [5.41, 5.74) is 0.963. The number of nitrogens with zero attached hydrogens (tertiary/aromatic N) is 2. The third-order valence-corrected chi connectivity index (χ3v) is 3.34. The van der Waals surface area contributed by atoms with E-state index in [9.17, 15) is 4.79 Å². The number of carbonyl (C=O) groups is 1. The fourth-order valence-electron chi connectivity index (χ4n) is 2.12. The predicted octanol–water partition coefficient (Wildman–Crippen LogP) is 1.82. The first-order valence-electron chi connectivity index (χ1n) is 7.28. The van der Waals surface area contributed by atoms with Gasteiger partial charge in [-0.25, -0.2) is 4.79 Å². The molecule has 0 saturated heterocycles. The number of furan rings is 1. The van der Waals surface area contributed by atoms with Crippen molar-refractivity contribution in [2.75, 3.05) is 27.2 Å². The van der Waals surface area contributed by atoms with Crippen molar-refractivity contribution in [3.8, 4) is 0 Å². The van der Waals surface area contributed by atoms with Crippen LogP contribution in [0.4, 0.5) is 4.79 Å². The summed E-state index contributed by atoms with van der Waals surface area (Å²) in [6, 6.07) is 9.33. The lowest BCUT2D eigenvalue weighted by Crippen LogP contribution is -2.41. The molecule has 6 nitrogen and oxygen atoms in total. The molecule has 0 radical (unpaired) electrons. The molecule has 2 aromatic rings. The maximum absolute atomic E-state index is 11.8. The van der Waals surface area contributed by atoms with Gasteiger partial charge < -0.3 is 15.1 Å². The van der Waals surface area contributed by atoms with Crippen LogP contribution >= 0.6 is 0 Å². The third-order valence-electron chi connectivity index (χ3n) is 3.34. The molecule has 0 aliphatic rings. The minimum atomic E-state index is -0.186. The van der Waals surface area contributed by atoms with Crippen LogP contribution in [-0.4, -0.2) is 43.1 Å². The van der Waals surface area contributed by atoms with Crippen molar-refractivity contribution in [2.24, 2.45) is 0 Å². The van der Waals surface area contributed by atoms with E-state index < -0.39 is 0 Å². The SMILES string of the molecule is CN(C)C(CNC(=O)NCCc1ccccn1)c1ccco1. The van der Waals surface area contributed by atoms with Crippen LogP contribution in [0.5, 0.6) is 0 Å². The Morgan fingerprint density at radius 2 is 2.14 bits per heavy atom. The molecule has 1 atom stereocenters. The molecule has 0 spiro atoms. The molecular formula is C16H22N4O2. The molecule has 2 heterocycles. The summed E-state index contributed by atoms with van der Waals surface area (Å²) in [6.07, 6.45) is 4.10. The summed E-state index contributed by atoms with van der Waals surface area (Å²) in [7, 11) is 3.90. The zero-order chi connectivity index (χ0) is 15.8. The van der Waals surface area contributed by atoms with Gasteiger partial charge in [0.05, 0.1) is 12.3 Å². The van der Waals surface area contributed by atoms with Gasteiger partial charge in [0, 0.05) is 31.4 Å². The van der Waals surface area contributed by atoms with E-state index in [1.807, 2.05) is 49.3 Å². The summed E-state index contributed by atoms with van der Waals surface area (Å²) in [4.78, 5) is 18.1. The third kappa shape index (κ3) is 4.89. The lowest BCUT2D eigenvalue weighted by atomic mass is 10.2. The lowest BCUT2D eigenvalue weighted by Gasteiger charge is -2.22. The smallest absolute Gasteiger partial charge is 0.314 e. The van der Waals surface area contributed by atoms with E-state index in [0.717, 1.165) is 11.5 Å². The molecule has 0 saturated carbocycles. The van der Waals surface area contributed by atoms with Crippen molar-refractivity contribution in [1.82, 2.24) is 20.5 Å². The Hall–Kier alpha value is -2.34. The van der Waals surface area contributed by atoms with Gasteiger partial charge in [0.25, 0.3) is 0 Å². The fraction of sp³-hybridized carbons (Fsp3) is 0.375. The molecule has 2 aromatic heterocycles. The molecule has 6 heteroatoms. The minimum absolute atomic E-state index is 0.0107. The second-order valence-corrected chi connectivity index (χ2v) is 5.20. The summed E-state index contributed by atoms with van der Waals surface area (Å²) in [6.45, 7) is 1.03. The molecule has 2 amide bonds. The highest BCUT2D eigenvalue weighted by Gasteiger charge is 2.17. The van der Waals surface area contributed by atoms with Crippen LogP contribution in [0.2, 0.25) is 0 Å². The number of amides is 2. The van der Waals surface area contributed by atoms with Crippen molar-refractivity contribution >= 4 is 6.03 Å². The van der Waals surface area contributed by atoms with Gasteiger partial charge in [-0.1, -0.05) is 6.07 Å². The van der Waals surface area contributed by atoms with Gasteiger partial charge in [-0.3, -0.25) is 9.88 Å². The van der Waals surface area contributed by atoms with Crippen LogP contribution < -0.4 is 10.6 Å². The second-order valence-electron chi connectivity index (χ2n) is 5.20. The largest absolute Gasteiger partial charge is 0.468 e. The number of rotatable bonds is 7. The second kappa shape index (κ2) is 8.19. The number of aromatic nitrogens is 1. The first-order valence-corrected chi connectivity index (χ1v) is 7.28. The van der Waals surface area contributed by atoms with Gasteiger partial charge in [0.1, 0.15) is 5.76 Å². The zero-order valence-corrected chi connectivity index (χ0v) is 13.0. The highest BCUT2D eigenvalue weighted by atomic mass is 16.3. The molecular weight excluding hydrogens is 280 g/mol. The summed E-state index contributed by atoms with van der Waals surface area (Å²) in [5.74, 6) is 0.832. The Labute approximate surface area is 130 Å². The van der Waals surface area contributed by atoms with E-state index in [0.29, 0.717) is 19.5 Å². The van der Waals surface area contributed by atoms with Gasteiger partial charge in [0.15, 0.2) is 0 Å². The molecule has 0 aromatic carbocycles. The highest BCUT2D eigenvalue weighted by Crippen LogP contribution is 2.17. The fourth-order valence-corrected chi connectivity index (χ4v) is 2.12. The molecule has 0 aliphatic heterocycles. The normalized spacial score (nSPS) is 12.1. The van der Waals surface area contributed by atoms with Gasteiger partial charge in [-0.15, -0.1) is 0 Å². The predicted molar refractivity (Wildman–Crippen MR) is 84.5 cm³/mol. The first kappa shape index (κ1) is 16.0. The van der Waals surface area contributed by atoms with Crippen molar-refractivity contribution in [3.05, 3.63) is 54.2 Å². The number of likely N-dealkylation sites (N-methyl/N-ethyl adjacent to an activating group) is 1. The van der Waals surface area contributed by atoms with Crippen molar-refractivity contribution in [3.63, 3.8) is 0 Å². The maximum atomic E-state index is 11.8. The standard InChI is InChI=1S/C16H22N4O2/c1-20(2)14(15-7-5-11-22-15)12-19-16(21)18-10-8-13-6-3-4-9-17-13/h3-7,9,11,14H,8,10,12H2,1-2H3,(H2,18,19,21). The summed E-state index contributed by atoms with van der Waals surface area (Å²) < 4.78 is 5.41. The van der Waals surface area contributed by atoms with Crippen LogP contribution in [0.15, 0.2) is 47.2 Å². The van der Waals surface area contributed by atoms with E-state index in [1.165, 1.54) is 0 Å². The van der Waals surface area contributed by atoms with E-state index in [1.54, 1.807) is 12.5 Å². The Kier molecular flexibility index (Phi) is 5.97. The Balaban J connectivity index is 1.72. The molecule has 2 rings (SSSR count). The van der Waals surface area contributed by atoms with Crippen LogP contribution in [0, 0.1) is 0 Å². The number of pyridine rings is 1. The van der Waals surface area contributed by atoms with Gasteiger partial charge in [-0.05, 0) is 38.4 Å². The lowest BCUT2D eigenvalue weighted by molar-refractivity contribution is 0.225. The highest BCUT2D eigenvalue weighted by molar-refractivity contribution is 5.73. The Bertz CT molecular complexity index is 555. The van der Waals surface area contributed by atoms with Crippen molar-refractivity contribution < 1.29 is 9.21 Å². The van der Waals surface area contributed by atoms with Gasteiger partial charge in [-0.2, -0.15) is 0 Å². The molecule has 2 N–H and O–H groups in total. The van der Waals surface area contributed by atoms with Crippen LogP contribution in [0.3, 0.4) is 0 Å². The minimum Gasteiger partial charge on any atom is -0.468 e. The van der Waals surface area contributed by atoms with Gasteiger partial charge >= 0.3 is 6.03 Å². The average Bonchev–Trinajstić information content (AvgIpc) is 3.02. The number of carbonyl (C=O) groups excluding carboxylic acids is 1. The average molecular weight is 302 g/mol. The number of hydrogen-bond donors (Lipinski definition) is 2. The molecule has 0 aliphatic carbocycles. The van der Waals surface area contributed by atoms with Crippen LogP contribution in [0.1, 0.15) is 17.5 Å². The quantitative estimate of drug-likeness (QED) is 0.818. The van der Waals surface area contributed by atoms with Crippen molar-refractivity contribution in [2.45, 2.75) is 12.5 Å². The van der Waals surface area contributed by atoms with Crippen LogP contribution in [0.25, 0.3) is 0 Å². The van der Waals surface area contributed by atoms with E-state index in [-0.39, 0.29) is 12.1 Å². The Morgan fingerprint density at radius 3 is 2.77 bits per heavy atom. The van der Waals surface area contributed by atoms with E-state index in [4.69, 9.17) is 4.42 Å². The molecule has 0 fully saturated rings. The molecule has 1 unspecified atom stereocenters. The van der Waals surface area contributed by atoms with Crippen LogP contribution in [-0.2, 0) is 6.42 Å². The zero-order valence-electron chi connectivity index (χ0n) is 13.0. The van der Waals surface area contributed by atoms with E-state index in [2.05, 4.69) is 15.6 Å². The van der Waals surface area contributed by atoms with Gasteiger partial charge in [0.2, 0.25) is 0 Å². The molecule has 22 heavy (non-hydrogen) atoms. The van der Waals surface area contributed by atoms with Crippen molar-refractivity contribution in [1.29, 1.82) is 0 Å². The number of hydrogen-bond acceptors (Lipinski definition) is 4. The molecule has 118 valence electrons. The molecule has 0 bridgehead atoms. The maximum Gasteiger partial charge on any atom is 0.314 e. The number of nitrogens with one attached hydrogen (secondary N) is 2. The topological polar surface area (TPSA) is 70.4 Å². The first-order chi connectivity index (χ1) is 10.7. The summed E-state index contributed by atoms with van der Waals surface area (Å²) >= 11 is 0. The monoisotopic (exact) mass is 302 g/mol. The number of urea groups is 1. The van der Waals surface area contributed by atoms with E-state index >= 15 is 0 Å². The summed E-state index contributed by atoms with van der Waals surface area (Å²) in [5, 5.41) is 5.70.